The van der Waals surface area contributed by atoms with E-state index >= 15 is 0 Å². The summed E-state index contributed by atoms with van der Waals surface area (Å²) in [7, 11) is 0. The van der Waals surface area contributed by atoms with Crippen molar-refractivity contribution in [3.63, 3.8) is 0 Å². The number of hydrogen-bond acceptors (Lipinski definition) is 4. The second-order valence-electron chi connectivity index (χ2n) is 3.96. The Balaban J connectivity index is 2.25. The van der Waals surface area contributed by atoms with Gasteiger partial charge in [0.25, 0.3) is 0 Å². The summed E-state index contributed by atoms with van der Waals surface area (Å²) in [5.41, 5.74) is 6.49. The average Bonchev–Trinajstić information content (AvgIpc) is 2.61. The third-order valence-electron chi connectivity index (χ3n) is 2.25. The van der Waals surface area contributed by atoms with Crippen molar-refractivity contribution in [2.45, 2.75) is 45.7 Å². The van der Waals surface area contributed by atoms with Gasteiger partial charge in [-0.15, -0.1) is 0 Å². The maximum absolute atomic E-state index is 11.5. The summed E-state index contributed by atoms with van der Waals surface area (Å²) in [4.78, 5) is 11.5. The van der Waals surface area contributed by atoms with Gasteiger partial charge in [0.15, 0.2) is 0 Å². The molecule has 1 atom stereocenters. The summed E-state index contributed by atoms with van der Waals surface area (Å²) in [5.74, 6) is 0.702. The van der Waals surface area contributed by atoms with Gasteiger partial charge in [0, 0.05) is 18.5 Å². The molecule has 0 radical (unpaired) electrons. The fraction of sp³-hybridized carbons (Fsp3) is 0.636. The zero-order valence-corrected chi connectivity index (χ0v) is 9.82. The number of carbonyl (C=O) groups is 1. The van der Waals surface area contributed by atoms with Crippen LogP contribution in [-0.2, 0) is 11.3 Å². The number of aryl methyl sites for hydroxylation is 1. The van der Waals surface area contributed by atoms with Crippen molar-refractivity contribution >= 4 is 5.91 Å². The Hall–Kier alpha value is -1.36. The Bertz CT molecular complexity index is 336. The molecule has 5 heteroatoms. The lowest BCUT2D eigenvalue weighted by atomic mass is 10.1. The van der Waals surface area contributed by atoms with E-state index in [1.165, 1.54) is 0 Å². The molecule has 0 saturated heterocycles. The molecule has 0 saturated carbocycles. The fourth-order valence-electron chi connectivity index (χ4n) is 1.47. The Morgan fingerprint density at radius 1 is 1.69 bits per heavy atom. The molecule has 0 bridgehead atoms. The number of nitrogens with one attached hydrogen (secondary N) is 1. The van der Waals surface area contributed by atoms with Crippen LogP contribution in [0.25, 0.3) is 0 Å². The molecule has 1 aromatic rings. The van der Waals surface area contributed by atoms with Crippen LogP contribution in [0.2, 0.25) is 0 Å². The van der Waals surface area contributed by atoms with E-state index in [4.69, 9.17) is 10.3 Å². The summed E-state index contributed by atoms with van der Waals surface area (Å²) in [5, 5.41) is 6.54. The highest BCUT2D eigenvalue weighted by Crippen LogP contribution is 2.02. The van der Waals surface area contributed by atoms with Crippen LogP contribution in [0, 0.1) is 6.92 Å². The molecule has 3 N–H and O–H groups in total. The highest BCUT2D eigenvalue weighted by atomic mass is 16.5. The SMILES string of the molecule is CCCC(N)CC(=O)NCc1cc(C)on1. The number of carbonyl (C=O) groups excluding carboxylic acids is 1. The van der Waals surface area contributed by atoms with Gasteiger partial charge in [-0.3, -0.25) is 4.79 Å². The predicted molar refractivity (Wildman–Crippen MR) is 60.6 cm³/mol. The van der Waals surface area contributed by atoms with Gasteiger partial charge in [-0.2, -0.15) is 0 Å². The van der Waals surface area contributed by atoms with Crippen LogP contribution < -0.4 is 11.1 Å². The molecule has 1 unspecified atom stereocenters. The Labute approximate surface area is 95.4 Å². The predicted octanol–water partition coefficient (Wildman–Crippen LogP) is 1.12. The lowest BCUT2D eigenvalue weighted by Gasteiger charge is -2.09. The molecule has 1 rings (SSSR count). The number of rotatable bonds is 6. The molecule has 5 nitrogen and oxygen atoms in total. The van der Waals surface area contributed by atoms with Crippen LogP contribution in [-0.4, -0.2) is 17.1 Å². The highest BCUT2D eigenvalue weighted by molar-refractivity contribution is 5.76. The van der Waals surface area contributed by atoms with Crippen LogP contribution in [0.5, 0.6) is 0 Å². The van der Waals surface area contributed by atoms with Gasteiger partial charge >= 0.3 is 0 Å². The molecular weight excluding hydrogens is 206 g/mol. The van der Waals surface area contributed by atoms with Crippen LogP contribution in [0.4, 0.5) is 0 Å². The lowest BCUT2D eigenvalue weighted by Crippen LogP contribution is -2.31. The smallest absolute Gasteiger partial charge is 0.221 e. The minimum atomic E-state index is -0.0518. The van der Waals surface area contributed by atoms with Crippen molar-refractivity contribution in [2.24, 2.45) is 5.73 Å². The van der Waals surface area contributed by atoms with Gasteiger partial charge in [0.05, 0.1) is 6.54 Å². The summed E-state index contributed by atoms with van der Waals surface area (Å²) in [6.45, 7) is 4.26. The first-order valence-electron chi connectivity index (χ1n) is 5.56. The summed E-state index contributed by atoms with van der Waals surface area (Å²) >= 11 is 0. The van der Waals surface area contributed by atoms with Gasteiger partial charge in [-0.25, -0.2) is 0 Å². The molecule has 0 aromatic carbocycles. The minimum absolute atomic E-state index is 0.0402. The summed E-state index contributed by atoms with van der Waals surface area (Å²) < 4.78 is 4.89. The molecule has 0 aliphatic rings. The maximum Gasteiger partial charge on any atom is 0.221 e. The molecule has 1 aromatic heterocycles. The standard InChI is InChI=1S/C11H19N3O2/c1-3-4-9(12)6-11(15)13-7-10-5-8(2)16-14-10/h5,9H,3-4,6-7,12H2,1-2H3,(H,13,15). The number of nitrogens with two attached hydrogens (primary N) is 1. The van der Waals surface area contributed by atoms with Crippen LogP contribution in [0.3, 0.4) is 0 Å². The molecular formula is C11H19N3O2. The third-order valence-corrected chi connectivity index (χ3v) is 2.25. The zero-order valence-electron chi connectivity index (χ0n) is 9.82. The van der Waals surface area contributed by atoms with E-state index in [1.807, 2.05) is 6.92 Å². The lowest BCUT2D eigenvalue weighted by molar-refractivity contribution is -0.121. The van der Waals surface area contributed by atoms with Gasteiger partial charge in [0.2, 0.25) is 5.91 Å². The van der Waals surface area contributed by atoms with Crippen molar-refractivity contribution < 1.29 is 9.32 Å². The number of hydrogen-bond donors (Lipinski definition) is 2. The van der Waals surface area contributed by atoms with Crippen LogP contribution in [0.1, 0.15) is 37.6 Å². The number of nitrogens with zero attached hydrogens (tertiary/aromatic N) is 1. The van der Waals surface area contributed by atoms with E-state index < -0.39 is 0 Å². The summed E-state index contributed by atoms with van der Waals surface area (Å²) in [6, 6.07) is 1.75. The largest absolute Gasteiger partial charge is 0.361 e. The first kappa shape index (κ1) is 12.7. The molecule has 1 amide bonds. The van der Waals surface area contributed by atoms with E-state index in [2.05, 4.69) is 17.4 Å². The third kappa shape index (κ3) is 4.44. The van der Waals surface area contributed by atoms with Crippen molar-refractivity contribution in [3.05, 3.63) is 17.5 Å². The molecule has 0 fully saturated rings. The topological polar surface area (TPSA) is 81.2 Å². The van der Waals surface area contributed by atoms with Crippen LogP contribution >= 0.6 is 0 Å². The van der Waals surface area contributed by atoms with Crippen molar-refractivity contribution in [3.8, 4) is 0 Å². The molecule has 90 valence electrons. The molecule has 1 heterocycles. The monoisotopic (exact) mass is 225 g/mol. The summed E-state index contributed by atoms with van der Waals surface area (Å²) in [6.07, 6.45) is 2.23. The minimum Gasteiger partial charge on any atom is -0.361 e. The Morgan fingerprint density at radius 3 is 3.00 bits per heavy atom. The van der Waals surface area contributed by atoms with E-state index in [0.717, 1.165) is 24.3 Å². The molecule has 0 spiro atoms. The first-order chi connectivity index (χ1) is 7.61. The first-order valence-corrected chi connectivity index (χ1v) is 5.56. The van der Waals surface area contributed by atoms with Gasteiger partial charge in [-0.1, -0.05) is 18.5 Å². The average molecular weight is 225 g/mol. The highest BCUT2D eigenvalue weighted by Gasteiger charge is 2.09. The quantitative estimate of drug-likeness (QED) is 0.760. The second kappa shape index (κ2) is 6.27. The maximum atomic E-state index is 11.5. The van der Waals surface area contributed by atoms with Crippen LogP contribution in [0.15, 0.2) is 10.6 Å². The van der Waals surface area contributed by atoms with Crippen molar-refractivity contribution in [1.82, 2.24) is 10.5 Å². The second-order valence-corrected chi connectivity index (χ2v) is 3.96. The molecule has 0 aliphatic carbocycles. The molecule has 0 aliphatic heterocycles. The zero-order chi connectivity index (χ0) is 12.0. The van der Waals surface area contributed by atoms with E-state index in [9.17, 15) is 4.79 Å². The fourth-order valence-corrected chi connectivity index (χ4v) is 1.47. The van der Waals surface area contributed by atoms with E-state index in [-0.39, 0.29) is 11.9 Å². The number of amides is 1. The van der Waals surface area contributed by atoms with Gasteiger partial charge in [0.1, 0.15) is 11.5 Å². The van der Waals surface area contributed by atoms with E-state index in [0.29, 0.717) is 13.0 Å². The normalized spacial score (nSPS) is 12.4. The van der Waals surface area contributed by atoms with Crippen molar-refractivity contribution in [2.75, 3.05) is 0 Å². The van der Waals surface area contributed by atoms with Crippen molar-refractivity contribution in [1.29, 1.82) is 0 Å². The van der Waals surface area contributed by atoms with Gasteiger partial charge in [-0.05, 0) is 13.3 Å². The number of aromatic nitrogens is 1. The Morgan fingerprint density at radius 2 is 2.44 bits per heavy atom. The van der Waals surface area contributed by atoms with Gasteiger partial charge < -0.3 is 15.6 Å². The Kier molecular flexibility index (Phi) is 4.98. The van der Waals surface area contributed by atoms with E-state index in [1.54, 1.807) is 6.07 Å². The molecule has 16 heavy (non-hydrogen) atoms.